The van der Waals surface area contributed by atoms with Gasteiger partial charge in [0.2, 0.25) is 0 Å². The Morgan fingerprint density at radius 1 is 1.50 bits per heavy atom. The van der Waals surface area contributed by atoms with Gasteiger partial charge in [-0.2, -0.15) is 0 Å². The van der Waals surface area contributed by atoms with E-state index in [-0.39, 0.29) is 0 Å². The first-order chi connectivity index (χ1) is 3.83. The van der Waals surface area contributed by atoms with Crippen molar-refractivity contribution in [3.63, 3.8) is 0 Å². The highest BCUT2D eigenvalue weighted by Crippen LogP contribution is 2.14. The minimum atomic E-state index is 1.36. The van der Waals surface area contributed by atoms with Crippen LogP contribution < -0.4 is 5.32 Å². The second-order valence-corrected chi connectivity index (χ2v) is 3.06. The van der Waals surface area contributed by atoms with Crippen molar-refractivity contribution in [1.29, 1.82) is 0 Å². The lowest BCUT2D eigenvalue weighted by molar-refractivity contribution is -0.535. The maximum Gasteiger partial charge on any atom is 0.184 e. The summed E-state index contributed by atoms with van der Waals surface area (Å²) in [6.45, 7) is 2.12. The van der Waals surface area contributed by atoms with E-state index < -0.39 is 0 Å². The number of nitrogens with two attached hydrogens (primary N) is 1. The van der Waals surface area contributed by atoms with Gasteiger partial charge in [0.05, 0.1) is 7.05 Å². The second-order valence-electron chi connectivity index (χ2n) is 1.74. The highest BCUT2D eigenvalue weighted by Gasteiger charge is 1.93. The SMILES string of the molecule is C[NH2+]c1ccc(C)s1. The Bertz CT molecular complexity index is 169. The molecular weight excluding hydrogens is 118 g/mol. The van der Waals surface area contributed by atoms with Gasteiger partial charge in [-0.1, -0.05) is 11.3 Å². The Balaban J connectivity index is 2.84. The molecule has 2 heteroatoms. The molecule has 0 atom stereocenters. The smallest absolute Gasteiger partial charge is 0.184 e. The molecule has 1 nitrogen and oxygen atoms in total. The van der Waals surface area contributed by atoms with Crippen LogP contribution in [0.1, 0.15) is 4.88 Å². The number of thiophene rings is 1. The van der Waals surface area contributed by atoms with Gasteiger partial charge in [0, 0.05) is 10.9 Å². The highest BCUT2D eigenvalue weighted by atomic mass is 32.1. The van der Waals surface area contributed by atoms with Gasteiger partial charge in [-0.05, 0) is 13.0 Å². The van der Waals surface area contributed by atoms with Gasteiger partial charge in [0.15, 0.2) is 5.00 Å². The Labute approximate surface area is 53.4 Å². The third-order valence-corrected chi connectivity index (χ3v) is 2.11. The summed E-state index contributed by atoms with van der Waals surface area (Å²) in [6, 6.07) is 4.28. The average Bonchev–Trinajstić information content (AvgIpc) is 2.14. The van der Waals surface area contributed by atoms with Gasteiger partial charge in [-0.15, -0.1) is 0 Å². The van der Waals surface area contributed by atoms with Gasteiger partial charge in [-0.25, -0.2) is 0 Å². The summed E-state index contributed by atoms with van der Waals surface area (Å²) in [5.74, 6) is 0. The van der Waals surface area contributed by atoms with E-state index in [4.69, 9.17) is 0 Å². The normalized spacial score (nSPS) is 9.75. The summed E-state index contributed by atoms with van der Waals surface area (Å²) >= 11 is 1.83. The van der Waals surface area contributed by atoms with E-state index in [1.165, 1.54) is 9.88 Å². The molecule has 0 spiro atoms. The molecule has 0 radical (unpaired) electrons. The molecule has 0 aliphatic heterocycles. The Kier molecular flexibility index (Phi) is 1.65. The molecule has 0 aliphatic carbocycles. The number of rotatable bonds is 1. The molecule has 0 aromatic carbocycles. The molecule has 1 rings (SSSR count). The standard InChI is InChI=1S/C6H9NS/c1-5-3-4-6(7-2)8-5/h3-4,7H,1-2H3/p+1. The topological polar surface area (TPSA) is 16.6 Å². The molecule has 1 aromatic rings. The largest absolute Gasteiger partial charge is 0.307 e. The van der Waals surface area contributed by atoms with Crippen molar-refractivity contribution in [2.24, 2.45) is 0 Å². The van der Waals surface area contributed by atoms with Crippen molar-refractivity contribution in [1.82, 2.24) is 0 Å². The molecule has 0 amide bonds. The van der Waals surface area contributed by atoms with Crippen LogP contribution in [0.5, 0.6) is 0 Å². The van der Waals surface area contributed by atoms with Gasteiger partial charge < -0.3 is 5.32 Å². The van der Waals surface area contributed by atoms with Crippen molar-refractivity contribution in [3.8, 4) is 0 Å². The zero-order chi connectivity index (χ0) is 5.98. The Morgan fingerprint density at radius 2 is 2.25 bits per heavy atom. The van der Waals surface area contributed by atoms with Crippen LogP contribution in [0.4, 0.5) is 5.00 Å². The lowest BCUT2D eigenvalue weighted by Crippen LogP contribution is -2.72. The molecule has 0 aliphatic rings. The number of hydrogen-bond donors (Lipinski definition) is 1. The fraction of sp³-hybridized carbons (Fsp3) is 0.333. The summed E-state index contributed by atoms with van der Waals surface area (Å²) in [6.07, 6.45) is 0. The quantitative estimate of drug-likeness (QED) is 0.578. The molecule has 1 aromatic heterocycles. The van der Waals surface area contributed by atoms with E-state index in [2.05, 4.69) is 31.4 Å². The van der Waals surface area contributed by atoms with Gasteiger partial charge >= 0.3 is 0 Å². The first-order valence-corrected chi connectivity index (χ1v) is 3.50. The molecule has 0 saturated carbocycles. The van der Waals surface area contributed by atoms with Crippen LogP contribution in [0.3, 0.4) is 0 Å². The van der Waals surface area contributed by atoms with Crippen LogP contribution in [0.2, 0.25) is 0 Å². The number of quaternary nitrogens is 1. The monoisotopic (exact) mass is 128 g/mol. The van der Waals surface area contributed by atoms with Crippen molar-refractivity contribution in [3.05, 3.63) is 17.0 Å². The van der Waals surface area contributed by atoms with E-state index in [1.54, 1.807) is 0 Å². The highest BCUT2D eigenvalue weighted by molar-refractivity contribution is 7.15. The minimum Gasteiger partial charge on any atom is -0.307 e. The molecule has 0 saturated heterocycles. The first kappa shape index (κ1) is 5.79. The lowest BCUT2D eigenvalue weighted by atomic mass is 10.5. The number of aryl methyl sites for hydroxylation is 1. The van der Waals surface area contributed by atoms with Crippen LogP contribution in [0, 0.1) is 6.92 Å². The van der Waals surface area contributed by atoms with Crippen LogP contribution in [-0.2, 0) is 0 Å². The molecule has 44 valence electrons. The van der Waals surface area contributed by atoms with Crippen LogP contribution >= 0.6 is 11.3 Å². The van der Waals surface area contributed by atoms with Crippen molar-refractivity contribution in [2.45, 2.75) is 6.92 Å². The molecule has 8 heavy (non-hydrogen) atoms. The fourth-order valence-corrected chi connectivity index (χ4v) is 1.37. The van der Waals surface area contributed by atoms with E-state index in [9.17, 15) is 0 Å². The molecule has 0 fully saturated rings. The predicted molar refractivity (Wildman–Crippen MR) is 36.6 cm³/mol. The summed E-state index contributed by atoms with van der Waals surface area (Å²) < 4.78 is 0. The predicted octanol–water partition coefficient (Wildman–Crippen LogP) is 0.881. The fourth-order valence-electron chi connectivity index (χ4n) is 0.609. The first-order valence-electron chi connectivity index (χ1n) is 2.68. The summed E-state index contributed by atoms with van der Waals surface area (Å²) in [7, 11) is 2.06. The van der Waals surface area contributed by atoms with E-state index in [0.717, 1.165) is 0 Å². The zero-order valence-electron chi connectivity index (χ0n) is 5.14. The molecular formula is C6H10NS+. The third-order valence-electron chi connectivity index (χ3n) is 1.05. The van der Waals surface area contributed by atoms with Crippen LogP contribution in [0.15, 0.2) is 12.1 Å². The number of hydrogen-bond acceptors (Lipinski definition) is 1. The van der Waals surface area contributed by atoms with Crippen LogP contribution in [0.25, 0.3) is 0 Å². The van der Waals surface area contributed by atoms with E-state index in [1.807, 2.05) is 11.3 Å². The van der Waals surface area contributed by atoms with E-state index in [0.29, 0.717) is 0 Å². The van der Waals surface area contributed by atoms with Crippen molar-refractivity contribution < 1.29 is 5.32 Å². The Hall–Kier alpha value is -0.340. The van der Waals surface area contributed by atoms with Crippen molar-refractivity contribution in [2.75, 3.05) is 7.05 Å². The molecule has 2 N–H and O–H groups in total. The average molecular weight is 128 g/mol. The lowest BCUT2D eigenvalue weighted by Gasteiger charge is -1.80. The maximum atomic E-state index is 2.14. The second kappa shape index (κ2) is 2.29. The summed E-state index contributed by atoms with van der Waals surface area (Å²) in [5.41, 5.74) is 0. The van der Waals surface area contributed by atoms with Gasteiger partial charge in [0.25, 0.3) is 0 Å². The van der Waals surface area contributed by atoms with E-state index >= 15 is 0 Å². The van der Waals surface area contributed by atoms with Gasteiger partial charge in [0.1, 0.15) is 0 Å². The maximum absolute atomic E-state index is 2.14. The third kappa shape index (κ3) is 1.08. The molecule has 1 heterocycles. The molecule has 0 bridgehead atoms. The molecule has 0 unspecified atom stereocenters. The Morgan fingerprint density at radius 3 is 2.50 bits per heavy atom. The summed E-state index contributed by atoms with van der Waals surface area (Å²) in [4.78, 5) is 1.39. The summed E-state index contributed by atoms with van der Waals surface area (Å²) in [5, 5.41) is 3.49. The minimum absolute atomic E-state index is 1.36. The van der Waals surface area contributed by atoms with Crippen molar-refractivity contribution >= 4 is 16.3 Å². The van der Waals surface area contributed by atoms with Crippen LogP contribution in [-0.4, -0.2) is 7.05 Å². The van der Waals surface area contributed by atoms with Gasteiger partial charge in [-0.3, -0.25) is 0 Å². The zero-order valence-corrected chi connectivity index (χ0v) is 5.96.